The van der Waals surface area contributed by atoms with E-state index in [1.807, 2.05) is 12.1 Å². The lowest BCUT2D eigenvalue weighted by Gasteiger charge is -2.39. The molecule has 0 aliphatic carbocycles. The number of hydrogen-bond acceptors (Lipinski definition) is 4. The van der Waals surface area contributed by atoms with Gasteiger partial charge >= 0.3 is 0 Å². The van der Waals surface area contributed by atoms with E-state index in [9.17, 15) is 4.79 Å². The Hall–Kier alpha value is -1.59. The first kappa shape index (κ1) is 12.4. The quantitative estimate of drug-likeness (QED) is 0.846. The van der Waals surface area contributed by atoms with Gasteiger partial charge in [-0.25, -0.2) is 0 Å². The summed E-state index contributed by atoms with van der Waals surface area (Å²) in [5.41, 5.74) is 2.01. The van der Waals surface area contributed by atoms with Crippen molar-refractivity contribution in [3.63, 3.8) is 0 Å². The maximum atomic E-state index is 11.4. The summed E-state index contributed by atoms with van der Waals surface area (Å²) in [4.78, 5) is 13.6. The fourth-order valence-corrected chi connectivity index (χ4v) is 2.81. The molecular formula is C14H19N3O2. The van der Waals surface area contributed by atoms with Crippen LogP contribution in [0.1, 0.15) is 11.6 Å². The van der Waals surface area contributed by atoms with E-state index in [4.69, 9.17) is 4.74 Å². The minimum absolute atomic E-state index is 0.0867. The molecule has 19 heavy (non-hydrogen) atoms. The van der Waals surface area contributed by atoms with Gasteiger partial charge in [-0.2, -0.15) is 0 Å². The van der Waals surface area contributed by atoms with Gasteiger partial charge in [0.15, 0.2) is 6.61 Å². The van der Waals surface area contributed by atoms with Gasteiger partial charge in [0.1, 0.15) is 5.75 Å². The zero-order chi connectivity index (χ0) is 13.4. The first-order chi connectivity index (χ1) is 9.15. The van der Waals surface area contributed by atoms with Crippen LogP contribution in [0.2, 0.25) is 0 Å². The molecule has 1 aromatic carbocycles. The van der Waals surface area contributed by atoms with Crippen molar-refractivity contribution in [2.45, 2.75) is 6.04 Å². The first-order valence-corrected chi connectivity index (χ1v) is 6.59. The van der Waals surface area contributed by atoms with Crippen molar-refractivity contribution in [3.8, 4) is 5.75 Å². The summed E-state index contributed by atoms with van der Waals surface area (Å²) in [6.45, 7) is 2.20. The van der Waals surface area contributed by atoms with Gasteiger partial charge in [0, 0.05) is 25.0 Å². The molecule has 1 fully saturated rings. The Labute approximate surface area is 112 Å². The Morgan fingerprint density at radius 2 is 2.16 bits per heavy atom. The number of rotatable bonds is 3. The Balaban J connectivity index is 1.91. The van der Waals surface area contributed by atoms with Gasteiger partial charge in [0.05, 0.1) is 5.69 Å². The molecule has 2 heterocycles. The van der Waals surface area contributed by atoms with E-state index < -0.39 is 0 Å². The summed E-state index contributed by atoms with van der Waals surface area (Å²) in [6, 6.07) is 6.45. The summed E-state index contributed by atoms with van der Waals surface area (Å²) < 4.78 is 5.39. The Morgan fingerprint density at radius 1 is 1.37 bits per heavy atom. The number of hydrogen-bond donors (Lipinski definition) is 2. The minimum atomic E-state index is -0.0867. The van der Waals surface area contributed by atoms with Gasteiger partial charge < -0.3 is 20.3 Å². The maximum absolute atomic E-state index is 11.4. The zero-order valence-corrected chi connectivity index (χ0v) is 11.3. The van der Waals surface area contributed by atoms with Gasteiger partial charge in [-0.15, -0.1) is 0 Å². The van der Waals surface area contributed by atoms with Crippen LogP contribution in [0.4, 0.5) is 5.69 Å². The summed E-state index contributed by atoms with van der Waals surface area (Å²) >= 11 is 0. The van der Waals surface area contributed by atoms with Crippen molar-refractivity contribution in [2.75, 3.05) is 39.1 Å². The summed E-state index contributed by atoms with van der Waals surface area (Å²) in [7, 11) is 4.19. The van der Waals surface area contributed by atoms with E-state index in [0.717, 1.165) is 24.5 Å². The van der Waals surface area contributed by atoms with E-state index in [1.165, 1.54) is 5.56 Å². The van der Waals surface area contributed by atoms with Crippen LogP contribution in [0.15, 0.2) is 18.2 Å². The lowest BCUT2D eigenvalue weighted by molar-refractivity contribution is -0.118. The van der Waals surface area contributed by atoms with Crippen LogP contribution in [0, 0.1) is 5.92 Å². The van der Waals surface area contributed by atoms with Crippen molar-refractivity contribution >= 4 is 11.6 Å². The van der Waals surface area contributed by atoms with E-state index in [-0.39, 0.29) is 12.5 Å². The Kier molecular flexibility index (Phi) is 3.16. The van der Waals surface area contributed by atoms with Crippen LogP contribution < -0.4 is 15.4 Å². The number of carbonyl (C=O) groups is 1. The van der Waals surface area contributed by atoms with Gasteiger partial charge in [0.2, 0.25) is 0 Å². The topological polar surface area (TPSA) is 53.6 Å². The largest absolute Gasteiger partial charge is 0.482 e. The second-order valence-electron chi connectivity index (χ2n) is 5.42. The number of benzene rings is 1. The van der Waals surface area contributed by atoms with Crippen molar-refractivity contribution in [1.82, 2.24) is 10.2 Å². The minimum Gasteiger partial charge on any atom is -0.482 e. The molecular weight excluding hydrogens is 242 g/mol. The molecule has 102 valence electrons. The third-order valence-electron chi connectivity index (χ3n) is 3.79. The standard InChI is InChI=1S/C14H19N3O2/c1-17(2)14(10-6-15-7-10)9-3-4-12-11(5-9)16-13(18)8-19-12/h3-5,10,14-15H,6-8H2,1-2H3,(H,16,18). The highest BCUT2D eigenvalue weighted by Gasteiger charge is 2.30. The number of carbonyl (C=O) groups excluding carboxylic acids is 1. The predicted molar refractivity (Wildman–Crippen MR) is 73.4 cm³/mol. The maximum Gasteiger partial charge on any atom is 0.262 e. The van der Waals surface area contributed by atoms with Gasteiger partial charge in [-0.1, -0.05) is 6.07 Å². The molecule has 1 amide bonds. The molecule has 5 nitrogen and oxygen atoms in total. The molecule has 1 saturated heterocycles. The molecule has 0 bridgehead atoms. The molecule has 1 unspecified atom stereocenters. The average Bonchev–Trinajstić information content (AvgIpc) is 2.32. The number of fused-ring (bicyclic) bond motifs is 1. The molecule has 2 N–H and O–H groups in total. The number of ether oxygens (including phenoxy) is 1. The van der Waals surface area contributed by atoms with Crippen molar-refractivity contribution in [3.05, 3.63) is 23.8 Å². The molecule has 1 atom stereocenters. The van der Waals surface area contributed by atoms with Crippen LogP contribution in [-0.2, 0) is 4.79 Å². The average molecular weight is 261 g/mol. The number of amides is 1. The monoisotopic (exact) mass is 261 g/mol. The van der Waals surface area contributed by atoms with E-state index in [0.29, 0.717) is 12.0 Å². The van der Waals surface area contributed by atoms with Crippen molar-refractivity contribution in [2.24, 2.45) is 5.92 Å². The highest BCUT2D eigenvalue weighted by atomic mass is 16.5. The van der Waals surface area contributed by atoms with Crippen LogP contribution in [0.25, 0.3) is 0 Å². The molecule has 0 radical (unpaired) electrons. The normalized spacial score (nSPS) is 20.3. The lowest BCUT2D eigenvalue weighted by Crippen LogP contribution is -2.48. The lowest BCUT2D eigenvalue weighted by atomic mass is 9.87. The Bertz CT molecular complexity index is 497. The van der Waals surface area contributed by atoms with E-state index in [2.05, 4.69) is 35.7 Å². The molecule has 2 aliphatic rings. The highest BCUT2D eigenvalue weighted by molar-refractivity contribution is 5.95. The molecule has 0 aromatic heterocycles. The molecule has 3 rings (SSSR count). The fourth-order valence-electron chi connectivity index (χ4n) is 2.81. The van der Waals surface area contributed by atoms with Crippen LogP contribution in [-0.4, -0.2) is 44.6 Å². The third kappa shape index (κ3) is 2.31. The second kappa shape index (κ2) is 4.83. The van der Waals surface area contributed by atoms with Gasteiger partial charge in [0.25, 0.3) is 5.91 Å². The summed E-state index contributed by atoms with van der Waals surface area (Å²) in [5.74, 6) is 1.29. The summed E-state index contributed by atoms with van der Waals surface area (Å²) in [6.07, 6.45) is 0. The summed E-state index contributed by atoms with van der Waals surface area (Å²) in [5, 5.41) is 6.19. The molecule has 2 aliphatic heterocycles. The molecule has 0 spiro atoms. The fraction of sp³-hybridized carbons (Fsp3) is 0.500. The van der Waals surface area contributed by atoms with E-state index >= 15 is 0 Å². The van der Waals surface area contributed by atoms with Crippen molar-refractivity contribution in [1.29, 1.82) is 0 Å². The smallest absolute Gasteiger partial charge is 0.262 e. The zero-order valence-electron chi connectivity index (χ0n) is 11.3. The van der Waals surface area contributed by atoms with Crippen molar-refractivity contribution < 1.29 is 9.53 Å². The van der Waals surface area contributed by atoms with Gasteiger partial charge in [-0.05, 0) is 31.8 Å². The molecule has 5 heteroatoms. The molecule has 0 saturated carbocycles. The SMILES string of the molecule is CN(C)C(c1ccc2c(c1)NC(=O)CO2)C1CNC1. The first-order valence-electron chi connectivity index (χ1n) is 6.59. The van der Waals surface area contributed by atoms with Crippen LogP contribution in [0.5, 0.6) is 5.75 Å². The predicted octanol–water partition coefficient (Wildman–Crippen LogP) is 0.840. The molecule has 1 aromatic rings. The number of nitrogens with one attached hydrogen (secondary N) is 2. The number of anilines is 1. The van der Waals surface area contributed by atoms with Crippen LogP contribution in [0.3, 0.4) is 0 Å². The number of nitrogens with zero attached hydrogens (tertiary/aromatic N) is 1. The second-order valence-corrected chi connectivity index (χ2v) is 5.42. The van der Waals surface area contributed by atoms with Crippen LogP contribution >= 0.6 is 0 Å². The Morgan fingerprint density at radius 3 is 2.79 bits per heavy atom. The third-order valence-corrected chi connectivity index (χ3v) is 3.79. The van der Waals surface area contributed by atoms with E-state index in [1.54, 1.807) is 0 Å². The van der Waals surface area contributed by atoms with Gasteiger partial charge in [-0.3, -0.25) is 4.79 Å². The highest BCUT2D eigenvalue weighted by Crippen LogP contribution is 2.35.